The second-order valence-corrected chi connectivity index (χ2v) is 9.58. The van der Waals surface area contributed by atoms with E-state index in [0.29, 0.717) is 18.8 Å². The lowest BCUT2D eigenvalue weighted by atomic mass is 9.93. The molecule has 1 aromatic heterocycles. The average molecular weight is 493 g/mol. The zero-order valence-corrected chi connectivity index (χ0v) is 21.1. The predicted molar refractivity (Wildman–Crippen MR) is 138 cm³/mol. The van der Waals surface area contributed by atoms with E-state index in [0.717, 1.165) is 30.6 Å². The van der Waals surface area contributed by atoms with Gasteiger partial charge in [-0.25, -0.2) is 0 Å². The molecule has 1 unspecified atom stereocenters. The molecular formula is C28H32N2O4S. The lowest BCUT2D eigenvalue weighted by Crippen LogP contribution is -2.47. The quantitative estimate of drug-likeness (QED) is 0.402. The Hall–Kier alpha value is -3.32. The zero-order valence-electron chi connectivity index (χ0n) is 20.3. The maximum atomic E-state index is 13.7. The van der Waals surface area contributed by atoms with Crippen LogP contribution in [0.5, 0.6) is 11.5 Å². The lowest BCUT2D eigenvalue weighted by Gasteiger charge is -2.37. The van der Waals surface area contributed by atoms with Crippen LogP contribution in [0.25, 0.3) is 0 Å². The summed E-state index contributed by atoms with van der Waals surface area (Å²) in [7, 11) is 1.64. The van der Waals surface area contributed by atoms with Gasteiger partial charge in [0.15, 0.2) is 6.61 Å². The zero-order chi connectivity index (χ0) is 24.6. The van der Waals surface area contributed by atoms with E-state index in [1.165, 1.54) is 10.4 Å². The SMILES string of the molecule is CCCCN(CC(=O)N1CCc2sccc2C1c1ccc(OC)cc1)C(=O)COc1ccccc1. The molecule has 0 fully saturated rings. The van der Waals surface area contributed by atoms with Gasteiger partial charge in [-0.1, -0.05) is 43.7 Å². The minimum atomic E-state index is -0.176. The highest BCUT2D eigenvalue weighted by Crippen LogP contribution is 2.38. The first kappa shape index (κ1) is 24.8. The molecule has 3 aromatic rings. The lowest BCUT2D eigenvalue weighted by molar-refractivity contribution is -0.142. The van der Waals surface area contributed by atoms with E-state index in [1.807, 2.05) is 59.5 Å². The molecule has 0 N–H and O–H groups in total. The van der Waals surface area contributed by atoms with Gasteiger partial charge in [-0.05, 0) is 59.7 Å². The molecule has 2 heterocycles. The highest BCUT2D eigenvalue weighted by atomic mass is 32.1. The van der Waals surface area contributed by atoms with E-state index >= 15 is 0 Å². The fourth-order valence-electron chi connectivity index (χ4n) is 4.38. The van der Waals surface area contributed by atoms with Crippen molar-refractivity contribution in [3.8, 4) is 11.5 Å². The minimum Gasteiger partial charge on any atom is -0.497 e. The fourth-order valence-corrected chi connectivity index (χ4v) is 5.28. The summed E-state index contributed by atoms with van der Waals surface area (Å²) in [5, 5.41) is 2.09. The van der Waals surface area contributed by atoms with Crippen LogP contribution < -0.4 is 9.47 Å². The summed E-state index contributed by atoms with van der Waals surface area (Å²) in [4.78, 5) is 31.6. The summed E-state index contributed by atoms with van der Waals surface area (Å²) >= 11 is 1.74. The number of thiophene rings is 1. The van der Waals surface area contributed by atoms with Crippen molar-refractivity contribution in [3.05, 3.63) is 82.0 Å². The average Bonchev–Trinajstić information content (AvgIpc) is 3.38. The van der Waals surface area contributed by atoms with Crippen LogP contribution in [0.15, 0.2) is 66.0 Å². The summed E-state index contributed by atoms with van der Waals surface area (Å²) in [6.07, 6.45) is 2.60. The molecule has 6 nitrogen and oxygen atoms in total. The summed E-state index contributed by atoms with van der Waals surface area (Å²) in [5.41, 5.74) is 2.20. The number of carbonyl (C=O) groups is 2. The third kappa shape index (κ3) is 6.03. The van der Waals surface area contributed by atoms with Crippen molar-refractivity contribution < 1.29 is 19.1 Å². The number of unbranched alkanes of at least 4 members (excludes halogenated alkanes) is 1. The Balaban J connectivity index is 1.51. The monoisotopic (exact) mass is 492 g/mol. The van der Waals surface area contributed by atoms with Crippen LogP contribution in [0.2, 0.25) is 0 Å². The molecule has 1 aliphatic rings. The fraction of sp³-hybridized carbons (Fsp3) is 0.357. The minimum absolute atomic E-state index is 0.0448. The summed E-state index contributed by atoms with van der Waals surface area (Å²) in [5.74, 6) is 1.20. The van der Waals surface area contributed by atoms with Crippen LogP contribution in [0.1, 0.15) is 41.8 Å². The second kappa shape index (κ2) is 11.9. The largest absolute Gasteiger partial charge is 0.497 e. The first-order valence-electron chi connectivity index (χ1n) is 12.1. The van der Waals surface area contributed by atoms with Gasteiger partial charge in [-0.15, -0.1) is 11.3 Å². The number of fused-ring (bicyclic) bond motifs is 1. The third-order valence-electron chi connectivity index (χ3n) is 6.28. The molecule has 0 saturated carbocycles. The van der Waals surface area contributed by atoms with E-state index in [2.05, 4.69) is 18.4 Å². The maximum absolute atomic E-state index is 13.7. The van der Waals surface area contributed by atoms with Crippen LogP contribution in [-0.4, -0.2) is 55.0 Å². The molecule has 2 amide bonds. The Morgan fingerprint density at radius 1 is 1.06 bits per heavy atom. The van der Waals surface area contributed by atoms with Crippen molar-refractivity contribution in [2.24, 2.45) is 0 Å². The van der Waals surface area contributed by atoms with Crippen molar-refractivity contribution in [2.45, 2.75) is 32.2 Å². The molecule has 0 aliphatic carbocycles. The summed E-state index contributed by atoms with van der Waals surface area (Å²) in [6, 6.07) is 19.1. The maximum Gasteiger partial charge on any atom is 0.260 e. The number of ether oxygens (including phenoxy) is 2. The van der Waals surface area contributed by atoms with Gasteiger partial charge in [0.2, 0.25) is 5.91 Å². The standard InChI is InChI=1S/C28H32N2O4S/c1-3-4-16-29(27(32)20-34-23-8-6-5-7-9-23)19-26(31)30-17-14-25-24(15-18-35-25)28(30)21-10-12-22(33-2)13-11-21/h5-13,15,18,28H,3-4,14,16-17,19-20H2,1-2H3. The van der Waals surface area contributed by atoms with Crippen LogP contribution >= 0.6 is 11.3 Å². The number of nitrogens with zero attached hydrogens (tertiary/aromatic N) is 2. The molecule has 0 spiro atoms. The van der Waals surface area contributed by atoms with E-state index in [9.17, 15) is 9.59 Å². The van der Waals surface area contributed by atoms with Gasteiger partial charge < -0.3 is 19.3 Å². The molecule has 4 rings (SSSR count). The van der Waals surface area contributed by atoms with Crippen molar-refractivity contribution in [1.82, 2.24) is 9.80 Å². The normalized spacial score (nSPS) is 14.8. The van der Waals surface area contributed by atoms with Gasteiger partial charge >= 0.3 is 0 Å². The topological polar surface area (TPSA) is 59.1 Å². The molecule has 1 aliphatic heterocycles. The molecular weight excluding hydrogens is 460 g/mol. The molecule has 35 heavy (non-hydrogen) atoms. The number of rotatable bonds is 10. The first-order chi connectivity index (χ1) is 17.1. The van der Waals surface area contributed by atoms with Crippen molar-refractivity contribution in [3.63, 3.8) is 0 Å². The Morgan fingerprint density at radius 2 is 1.83 bits per heavy atom. The Morgan fingerprint density at radius 3 is 2.54 bits per heavy atom. The van der Waals surface area contributed by atoms with E-state index in [-0.39, 0.29) is 31.0 Å². The van der Waals surface area contributed by atoms with Crippen molar-refractivity contribution in [1.29, 1.82) is 0 Å². The van der Waals surface area contributed by atoms with Crippen LogP contribution in [0.4, 0.5) is 0 Å². The predicted octanol–water partition coefficient (Wildman–Crippen LogP) is 4.94. The molecule has 1 atom stereocenters. The number of hydrogen-bond donors (Lipinski definition) is 0. The van der Waals surface area contributed by atoms with E-state index in [4.69, 9.17) is 9.47 Å². The summed E-state index contributed by atoms with van der Waals surface area (Å²) in [6.45, 7) is 3.19. The Kier molecular flexibility index (Phi) is 8.42. The number of carbonyl (C=O) groups excluding carboxylic acids is 2. The summed E-state index contributed by atoms with van der Waals surface area (Å²) < 4.78 is 11.0. The van der Waals surface area contributed by atoms with E-state index in [1.54, 1.807) is 23.3 Å². The number of methoxy groups -OCH3 is 1. The second-order valence-electron chi connectivity index (χ2n) is 8.58. The number of benzene rings is 2. The molecule has 0 radical (unpaired) electrons. The van der Waals surface area contributed by atoms with Crippen LogP contribution in [0.3, 0.4) is 0 Å². The smallest absolute Gasteiger partial charge is 0.260 e. The first-order valence-corrected chi connectivity index (χ1v) is 12.9. The third-order valence-corrected chi connectivity index (χ3v) is 7.28. The van der Waals surface area contributed by atoms with Gasteiger partial charge in [-0.2, -0.15) is 0 Å². The highest BCUT2D eigenvalue weighted by Gasteiger charge is 2.34. The van der Waals surface area contributed by atoms with Gasteiger partial charge in [0, 0.05) is 18.0 Å². The van der Waals surface area contributed by atoms with Gasteiger partial charge in [0.05, 0.1) is 19.7 Å². The van der Waals surface area contributed by atoms with Gasteiger partial charge in [0.25, 0.3) is 5.91 Å². The molecule has 184 valence electrons. The Bertz CT molecular complexity index is 1110. The number of hydrogen-bond acceptors (Lipinski definition) is 5. The van der Waals surface area contributed by atoms with Gasteiger partial charge in [0.1, 0.15) is 11.5 Å². The molecule has 0 saturated heterocycles. The molecule has 0 bridgehead atoms. The van der Waals surface area contributed by atoms with Crippen LogP contribution in [0, 0.1) is 0 Å². The van der Waals surface area contributed by atoms with Gasteiger partial charge in [-0.3, -0.25) is 9.59 Å². The highest BCUT2D eigenvalue weighted by molar-refractivity contribution is 7.10. The molecule has 2 aromatic carbocycles. The number of para-hydroxylation sites is 1. The molecule has 7 heteroatoms. The Labute approximate surface area is 211 Å². The van der Waals surface area contributed by atoms with Crippen molar-refractivity contribution in [2.75, 3.05) is 33.4 Å². The number of amides is 2. The van der Waals surface area contributed by atoms with Crippen LogP contribution in [-0.2, 0) is 16.0 Å². The van der Waals surface area contributed by atoms with E-state index < -0.39 is 0 Å². The van der Waals surface area contributed by atoms with Crippen molar-refractivity contribution >= 4 is 23.2 Å².